The molecule has 0 bridgehead atoms. The van der Waals surface area contributed by atoms with Gasteiger partial charge in [-0.1, -0.05) is 6.92 Å². The average Bonchev–Trinajstić information content (AvgIpc) is 2.37. The first kappa shape index (κ1) is 14.1. The van der Waals surface area contributed by atoms with Gasteiger partial charge in [-0.3, -0.25) is 0 Å². The average molecular weight is 259 g/mol. The maximum Gasteiger partial charge on any atom is 0.168 e. The number of halogens is 1. The predicted octanol–water partition coefficient (Wildman–Crippen LogP) is 2.54. The van der Waals surface area contributed by atoms with Gasteiger partial charge in [0.15, 0.2) is 11.6 Å². The van der Waals surface area contributed by atoms with E-state index in [9.17, 15) is 0 Å². The fourth-order valence-corrected chi connectivity index (χ4v) is 1.36. The molecule has 4 nitrogen and oxygen atoms in total. The highest BCUT2D eigenvalue weighted by Gasteiger charge is 2.02. The van der Waals surface area contributed by atoms with Crippen molar-refractivity contribution in [1.29, 1.82) is 0 Å². The second kappa shape index (κ2) is 9.07. The number of nitrogens with one attached hydrogen (secondary N) is 1. The smallest absolute Gasteiger partial charge is 0.168 e. The first-order chi connectivity index (χ1) is 8.38. The Morgan fingerprint density at radius 2 is 2.24 bits per heavy atom. The Morgan fingerprint density at radius 3 is 3.00 bits per heavy atom. The van der Waals surface area contributed by atoms with Gasteiger partial charge in [0.2, 0.25) is 0 Å². The molecule has 0 radical (unpaired) electrons. The predicted molar refractivity (Wildman–Crippen MR) is 70.1 cm³/mol. The van der Waals surface area contributed by atoms with Gasteiger partial charge < -0.3 is 14.8 Å². The molecule has 96 valence electrons. The number of nitrogens with zero attached hydrogens (tertiary/aromatic N) is 1. The molecular formula is C12H19ClN2O2. The van der Waals surface area contributed by atoms with Crippen LogP contribution in [0.25, 0.3) is 0 Å². The lowest BCUT2D eigenvalue weighted by Crippen LogP contribution is -2.12. The highest BCUT2D eigenvalue weighted by atomic mass is 35.5. The lowest BCUT2D eigenvalue weighted by molar-refractivity contribution is 0.160. The Hall–Kier alpha value is -1.00. The number of anilines is 1. The van der Waals surface area contributed by atoms with Crippen LogP contribution in [0.4, 0.5) is 5.82 Å². The number of rotatable bonds is 9. The molecule has 0 aliphatic rings. The van der Waals surface area contributed by atoms with E-state index in [0.29, 0.717) is 32.2 Å². The molecule has 0 spiro atoms. The molecule has 0 atom stereocenters. The van der Waals surface area contributed by atoms with Crippen LogP contribution in [0, 0.1) is 0 Å². The monoisotopic (exact) mass is 258 g/mol. The molecule has 0 aliphatic carbocycles. The van der Waals surface area contributed by atoms with E-state index in [2.05, 4.69) is 17.2 Å². The fourth-order valence-electron chi connectivity index (χ4n) is 1.25. The zero-order valence-electron chi connectivity index (χ0n) is 10.1. The van der Waals surface area contributed by atoms with E-state index in [-0.39, 0.29) is 0 Å². The Kier molecular flexibility index (Phi) is 7.51. The molecule has 0 amide bonds. The van der Waals surface area contributed by atoms with Gasteiger partial charge in [0.05, 0.1) is 19.8 Å². The maximum atomic E-state index is 5.58. The lowest BCUT2D eigenvalue weighted by atomic mass is 10.4. The largest absolute Gasteiger partial charge is 0.490 e. The van der Waals surface area contributed by atoms with E-state index in [1.165, 1.54) is 0 Å². The van der Waals surface area contributed by atoms with Gasteiger partial charge in [-0.25, -0.2) is 4.98 Å². The van der Waals surface area contributed by atoms with Crippen molar-refractivity contribution in [2.75, 3.05) is 37.6 Å². The van der Waals surface area contributed by atoms with Crippen molar-refractivity contribution in [3.05, 3.63) is 18.3 Å². The summed E-state index contributed by atoms with van der Waals surface area (Å²) >= 11 is 5.50. The van der Waals surface area contributed by atoms with Crippen molar-refractivity contribution in [2.24, 2.45) is 0 Å². The summed E-state index contributed by atoms with van der Waals surface area (Å²) in [5, 5.41) is 3.18. The number of hydrogen-bond acceptors (Lipinski definition) is 4. The summed E-state index contributed by atoms with van der Waals surface area (Å²) in [6.45, 7) is 4.64. The summed E-state index contributed by atoms with van der Waals surface area (Å²) in [6, 6.07) is 3.77. The maximum absolute atomic E-state index is 5.58. The quantitative estimate of drug-likeness (QED) is 0.546. The van der Waals surface area contributed by atoms with E-state index in [1.54, 1.807) is 6.20 Å². The number of aromatic nitrogens is 1. The Bertz CT molecular complexity index is 310. The number of hydrogen-bond donors (Lipinski definition) is 1. The second-order valence-corrected chi connectivity index (χ2v) is 3.80. The molecular weight excluding hydrogens is 240 g/mol. The molecule has 0 aromatic carbocycles. The molecule has 1 N–H and O–H groups in total. The van der Waals surface area contributed by atoms with Gasteiger partial charge in [0.1, 0.15) is 0 Å². The second-order valence-electron chi connectivity index (χ2n) is 3.43. The van der Waals surface area contributed by atoms with Crippen LogP contribution in [-0.2, 0) is 4.74 Å². The molecule has 0 aliphatic heterocycles. The van der Waals surface area contributed by atoms with Crippen LogP contribution in [0.3, 0.4) is 0 Å². The summed E-state index contributed by atoms with van der Waals surface area (Å²) in [6.07, 6.45) is 2.72. The topological polar surface area (TPSA) is 43.4 Å². The van der Waals surface area contributed by atoms with Crippen LogP contribution in [0.5, 0.6) is 5.75 Å². The summed E-state index contributed by atoms with van der Waals surface area (Å²) in [5.74, 6) is 2.07. The molecule has 5 heteroatoms. The first-order valence-corrected chi connectivity index (χ1v) is 6.37. The molecule has 1 aromatic heterocycles. The fraction of sp³-hybridized carbons (Fsp3) is 0.583. The van der Waals surface area contributed by atoms with Crippen LogP contribution in [-0.4, -0.2) is 37.2 Å². The van der Waals surface area contributed by atoms with Crippen molar-refractivity contribution >= 4 is 17.4 Å². The summed E-state index contributed by atoms with van der Waals surface area (Å²) in [5.41, 5.74) is 0. The van der Waals surface area contributed by atoms with Gasteiger partial charge in [-0.05, 0) is 18.6 Å². The molecule has 0 saturated heterocycles. The Labute approximate surface area is 107 Å². The zero-order chi connectivity index (χ0) is 12.3. The molecule has 0 unspecified atom stereocenters. The number of ether oxygens (including phenoxy) is 2. The van der Waals surface area contributed by atoms with Crippen LogP contribution >= 0.6 is 11.6 Å². The van der Waals surface area contributed by atoms with Crippen LogP contribution in [0.2, 0.25) is 0 Å². The van der Waals surface area contributed by atoms with E-state index < -0.39 is 0 Å². The van der Waals surface area contributed by atoms with Gasteiger partial charge in [-0.15, -0.1) is 11.6 Å². The third kappa shape index (κ3) is 5.75. The number of alkyl halides is 1. The van der Waals surface area contributed by atoms with Crippen molar-refractivity contribution < 1.29 is 9.47 Å². The molecule has 0 fully saturated rings. The minimum atomic E-state index is 0.522. The van der Waals surface area contributed by atoms with Gasteiger partial charge >= 0.3 is 0 Å². The Morgan fingerprint density at radius 1 is 1.35 bits per heavy atom. The highest BCUT2D eigenvalue weighted by Crippen LogP contribution is 2.20. The SMILES string of the molecule is CCCOc1cccnc1NCCOCCCl. The minimum absolute atomic E-state index is 0.522. The van der Waals surface area contributed by atoms with E-state index in [0.717, 1.165) is 18.0 Å². The van der Waals surface area contributed by atoms with E-state index in [4.69, 9.17) is 21.1 Å². The lowest BCUT2D eigenvalue weighted by Gasteiger charge is -2.11. The molecule has 17 heavy (non-hydrogen) atoms. The Balaban J connectivity index is 2.35. The van der Waals surface area contributed by atoms with Crippen molar-refractivity contribution in [3.8, 4) is 5.75 Å². The number of pyridine rings is 1. The van der Waals surface area contributed by atoms with E-state index in [1.807, 2.05) is 12.1 Å². The van der Waals surface area contributed by atoms with Gasteiger partial charge in [0, 0.05) is 18.6 Å². The van der Waals surface area contributed by atoms with E-state index >= 15 is 0 Å². The minimum Gasteiger partial charge on any atom is -0.490 e. The molecule has 1 aromatic rings. The van der Waals surface area contributed by atoms with Crippen LogP contribution in [0.1, 0.15) is 13.3 Å². The normalized spacial score (nSPS) is 10.2. The van der Waals surface area contributed by atoms with Crippen molar-refractivity contribution in [3.63, 3.8) is 0 Å². The van der Waals surface area contributed by atoms with Crippen molar-refractivity contribution in [2.45, 2.75) is 13.3 Å². The first-order valence-electron chi connectivity index (χ1n) is 5.84. The third-order valence-corrected chi connectivity index (χ3v) is 2.15. The summed E-state index contributed by atoms with van der Waals surface area (Å²) in [4.78, 5) is 4.23. The van der Waals surface area contributed by atoms with Crippen LogP contribution in [0.15, 0.2) is 18.3 Å². The highest BCUT2D eigenvalue weighted by molar-refractivity contribution is 6.17. The molecule has 1 heterocycles. The summed E-state index contributed by atoms with van der Waals surface area (Å²) in [7, 11) is 0. The molecule has 0 saturated carbocycles. The molecule has 1 rings (SSSR count). The third-order valence-electron chi connectivity index (χ3n) is 1.99. The van der Waals surface area contributed by atoms with Gasteiger partial charge in [0.25, 0.3) is 0 Å². The van der Waals surface area contributed by atoms with Crippen molar-refractivity contribution in [1.82, 2.24) is 4.98 Å². The standard InChI is InChI=1S/C12H19ClN2O2/c1-2-8-17-11-4-3-6-14-12(11)15-7-10-16-9-5-13/h3-4,6H,2,5,7-10H2,1H3,(H,14,15). The summed E-state index contributed by atoms with van der Waals surface area (Å²) < 4.78 is 10.8. The zero-order valence-corrected chi connectivity index (χ0v) is 10.9. The van der Waals surface area contributed by atoms with Gasteiger partial charge in [-0.2, -0.15) is 0 Å². The van der Waals surface area contributed by atoms with Crippen LogP contribution < -0.4 is 10.1 Å².